The zero-order chi connectivity index (χ0) is 12.8. The molecule has 2 amide bonds. The monoisotopic (exact) mass is 245 g/mol. The third-order valence-corrected chi connectivity index (χ3v) is 2.96. The summed E-state index contributed by atoms with van der Waals surface area (Å²) in [6, 6.07) is 8.14. The number of carbonyl (C=O) groups excluding carboxylic acids is 1. The number of urea groups is 1. The van der Waals surface area contributed by atoms with Gasteiger partial charge in [0, 0.05) is 32.4 Å². The van der Waals surface area contributed by atoms with Gasteiger partial charge in [-0.25, -0.2) is 4.79 Å². The Kier molecular flexibility index (Phi) is 4.36. The van der Waals surface area contributed by atoms with E-state index in [1.54, 1.807) is 6.20 Å². The van der Waals surface area contributed by atoms with E-state index in [0.717, 1.165) is 31.7 Å². The van der Waals surface area contributed by atoms with Crippen LogP contribution in [0.2, 0.25) is 0 Å². The average molecular weight is 245 g/mol. The summed E-state index contributed by atoms with van der Waals surface area (Å²) < 4.78 is 0. The van der Waals surface area contributed by atoms with Crippen molar-refractivity contribution < 1.29 is 4.79 Å². The summed E-state index contributed by atoms with van der Waals surface area (Å²) in [7, 11) is 0. The summed E-state index contributed by atoms with van der Waals surface area (Å²) in [5.74, 6) is 0. The number of benzene rings is 1. The van der Waals surface area contributed by atoms with Crippen LogP contribution >= 0.6 is 0 Å². The number of hydrogen-bond acceptors (Lipinski definition) is 2. The van der Waals surface area contributed by atoms with Crippen molar-refractivity contribution in [2.24, 2.45) is 0 Å². The molecule has 0 atom stereocenters. The van der Waals surface area contributed by atoms with Crippen molar-refractivity contribution in [1.82, 2.24) is 15.5 Å². The Morgan fingerprint density at radius 3 is 2.61 bits per heavy atom. The van der Waals surface area contributed by atoms with Crippen molar-refractivity contribution in [2.45, 2.75) is 6.92 Å². The van der Waals surface area contributed by atoms with Crippen LogP contribution in [-0.4, -0.2) is 37.1 Å². The molecule has 2 rings (SSSR count). The van der Waals surface area contributed by atoms with Gasteiger partial charge in [-0.15, -0.1) is 0 Å². The average Bonchev–Trinajstić information content (AvgIpc) is 2.42. The van der Waals surface area contributed by atoms with E-state index in [1.165, 1.54) is 5.56 Å². The van der Waals surface area contributed by atoms with Crippen molar-refractivity contribution in [3.8, 4) is 0 Å². The number of piperazine rings is 1. The Hall–Kier alpha value is -1.81. The highest BCUT2D eigenvalue weighted by molar-refractivity contribution is 5.76. The standard InChI is InChI=1S/C14H19N3O/c1-12-2-4-13(5-3-12)6-7-16-14(18)17-10-8-15-9-11-17/h2-7,15H,8-11H2,1H3,(H,16,18)/b7-6+. The summed E-state index contributed by atoms with van der Waals surface area (Å²) >= 11 is 0. The molecule has 2 N–H and O–H groups in total. The number of nitrogens with zero attached hydrogens (tertiary/aromatic N) is 1. The van der Waals surface area contributed by atoms with Crippen molar-refractivity contribution in [1.29, 1.82) is 0 Å². The fourth-order valence-electron chi connectivity index (χ4n) is 1.85. The molecule has 0 aliphatic carbocycles. The third-order valence-electron chi connectivity index (χ3n) is 2.96. The van der Waals surface area contributed by atoms with Crippen LogP contribution in [0.4, 0.5) is 4.79 Å². The van der Waals surface area contributed by atoms with Gasteiger partial charge in [0.15, 0.2) is 0 Å². The highest BCUT2D eigenvalue weighted by Gasteiger charge is 2.14. The molecule has 1 heterocycles. The molecule has 1 saturated heterocycles. The summed E-state index contributed by atoms with van der Waals surface area (Å²) in [6.07, 6.45) is 3.61. The van der Waals surface area contributed by atoms with Gasteiger partial charge in [-0.3, -0.25) is 0 Å². The Bertz CT molecular complexity index is 419. The topological polar surface area (TPSA) is 44.4 Å². The van der Waals surface area contributed by atoms with Crippen molar-refractivity contribution in [3.63, 3.8) is 0 Å². The van der Waals surface area contributed by atoms with Gasteiger partial charge in [0.05, 0.1) is 0 Å². The van der Waals surface area contributed by atoms with Gasteiger partial charge < -0.3 is 15.5 Å². The van der Waals surface area contributed by atoms with Crippen LogP contribution in [0.3, 0.4) is 0 Å². The summed E-state index contributed by atoms with van der Waals surface area (Å²) in [5.41, 5.74) is 2.32. The zero-order valence-corrected chi connectivity index (χ0v) is 10.6. The fourth-order valence-corrected chi connectivity index (χ4v) is 1.85. The molecule has 0 aromatic heterocycles. The molecule has 1 aromatic rings. The lowest BCUT2D eigenvalue weighted by Crippen LogP contribution is -2.49. The highest BCUT2D eigenvalue weighted by atomic mass is 16.2. The van der Waals surface area contributed by atoms with E-state index in [-0.39, 0.29) is 6.03 Å². The van der Waals surface area contributed by atoms with Crippen LogP contribution < -0.4 is 10.6 Å². The fraction of sp³-hybridized carbons (Fsp3) is 0.357. The maximum absolute atomic E-state index is 11.8. The minimum atomic E-state index is -0.0279. The highest BCUT2D eigenvalue weighted by Crippen LogP contribution is 2.04. The molecule has 1 aliphatic heterocycles. The van der Waals surface area contributed by atoms with Crippen LogP contribution in [0, 0.1) is 6.92 Å². The smallest absolute Gasteiger partial charge is 0.321 e. The second-order valence-electron chi connectivity index (χ2n) is 4.43. The molecule has 1 fully saturated rings. The normalized spacial score (nSPS) is 15.9. The second-order valence-corrected chi connectivity index (χ2v) is 4.43. The Morgan fingerprint density at radius 1 is 1.28 bits per heavy atom. The molecule has 96 valence electrons. The molecule has 1 aromatic carbocycles. The second kappa shape index (κ2) is 6.21. The number of hydrogen-bond donors (Lipinski definition) is 2. The number of rotatable bonds is 2. The summed E-state index contributed by atoms with van der Waals surface area (Å²) in [6.45, 7) is 5.33. The van der Waals surface area contributed by atoms with Crippen LogP contribution in [0.15, 0.2) is 30.5 Å². The van der Waals surface area contributed by atoms with Crippen molar-refractivity contribution >= 4 is 12.1 Å². The quantitative estimate of drug-likeness (QED) is 0.831. The van der Waals surface area contributed by atoms with Crippen LogP contribution in [0.25, 0.3) is 6.08 Å². The van der Waals surface area contributed by atoms with E-state index >= 15 is 0 Å². The van der Waals surface area contributed by atoms with E-state index in [4.69, 9.17) is 0 Å². The largest absolute Gasteiger partial charge is 0.322 e. The number of amides is 2. The summed E-state index contributed by atoms with van der Waals surface area (Å²) in [4.78, 5) is 13.6. The first-order chi connectivity index (χ1) is 8.75. The van der Waals surface area contributed by atoms with Gasteiger partial charge in [-0.2, -0.15) is 0 Å². The molecular formula is C14H19N3O. The van der Waals surface area contributed by atoms with Crippen molar-refractivity contribution in [3.05, 3.63) is 41.6 Å². The van der Waals surface area contributed by atoms with E-state index in [2.05, 4.69) is 29.7 Å². The maximum atomic E-state index is 11.8. The van der Waals surface area contributed by atoms with Crippen molar-refractivity contribution in [2.75, 3.05) is 26.2 Å². The van der Waals surface area contributed by atoms with Crippen LogP contribution in [0.1, 0.15) is 11.1 Å². The van der Waals surface area contributed by atoms with Gasteiger partial charge in [-0.1, -0.05) is 29.8 Å². The first-order valence-corrected chi connectivity index (χ1v) is 6.25. The minimum Gasteiger partial charge on any atom is -0.322 e. The van der Waals surface area contributed by atoms with Gasteiger partial charge in [0.1, 0.15) is 0 Å². The van der Waals surface area contributed by atoms with E-state index in [1.807, 2.05) is 23.1 Å². The molecule has 0 saturated carbocycles. The van der Waals surface area contributed by atoms with Crippen LogP contribution in [-0.2, 0) is 0 Å². The first-order valence-electron chi connectivity index (χ1n) is 6.25. The molecule has 0 unspecified atom stereocenters. The van der Waals surface area contributed by atoms with Gasteiger partial charge in [0.2, 0.25) is 0 Å². The van der Waals surface area contributed by atoms with E-state index in [0.29, 0.717) is 0 Å². The Labute approximate surface area is 108 Å². The molecule has 4 heteroatoms. The molecule has 0 radical (unpaired) electrons. The lowest BCUT2D eigenvalue weighted by molar-refractivity contribution is 0.194. The Balaban J connectivity index is 1.83. The van der Waals surface area contributed by atoms with Crippen LogP contribution in [0.5, 0.6) is 0 Å². The predicted molar refractivity (Wildman–Crippen MR) is 73.2 cm³/mol. The number of carbonyl (C=O) groups is 1. The first kappa shape index (κ1) is 12.6. The SMILES string of the molecule is Cc1ccc(/C=C/NC(=O)N2CCNCC2)cc1. The minimum absolute atomic E-state index is 0.0279. The van der Waals surface area contributed by atoms with Gasteiger partial charge >= 0.3 is 6.03 Å². The molecule has 18 heavy (non-hydrogen) atoms. The number of nitrogens with one attached hydrogen (secondary N) is 2. The lowest BCUT2D eigenvalue weighted by Gasteiger charge is -2.26. The van der Waals surface area contributed by atoms with Gasteiger partial charge in [-0.05, 0) is 18.6 Å². The molecule has 0 bridgehead atoms. The van der Waals surface area contributed by atoms with Gasteiger partial charge in [0.25, 0.3) is 0 Å². The lowest BCUT2D eigenvalue weighted by atomic mass is 10.1. The molecule has 4 nitrogen and oxygen atoms in total. The van der Waals surface area contributed by atoms with E-state index < -0.39 is 0 Å². The number of aryl methyl sites for hydroxylation is 1. The molecule has 1 aliphatic rings. The molecular weight excluding hydrogens is 226 g/mol. The Morgan fingerprint density at radius 2 is 1.94 bits per heavy atom. The summed E-state index contributed by atoms with van der Waals surface area (Å²) in [5, 5.41) is 6.01. The third kappa shape index (κ3) is 3.60. The zero-order valence-electron chi connectivity index (χ0n) is 10.6. The predicted octanol–water partition coefficient (Wildman–Crippen LogP) is 1.58. The maximum Gasteiger partial charge on any atom is 0.321 e. The van der Waals surface area contributed by atoms with E-state index in [9.17, 15) is 4.79 Å². The molecule has 0 spiro atoms.